The Balaban J connectivity index is 1.19. The number of halogens is 2. The summed E-state index contributed by atoms with van der Waals surface area (Å²) in [5.74, 6) is 0.475. The summed E-state index contributed by atoms with van der Waals surface area (Å²) in [4.78, 5) is 23.7. The summed E-state index contributed by atoms with van der Waals surface area (Å²) in [5, 5.41) is 16.3. The zero-order valence-electron chi connectivity index (χ0n) is 23.6. The van der Waals surface area contributed by atoms with Gasteiger partial charge < -0.3 is 18.5 Å². The molecule has 0 fully saturated rings. The Bertz CT molecular complexity index is 1830. The number of nitro groups is 1. The highest BCUT2D eigenvalue weighted by atomic mass is 35.5. The normalized spacial score (nSPS) is 11.1. The van der Waals surface area contributed by atoms with E-state index in [1.165, 1.54) is 24.4 Å². The van der Waals surface area contributed by atoms with E-state index in [0.717, 1.165) is 17.1 Å². The molecule has 224 valence electrons. The monoisotopic (exact) mass is 632 g/mol. The third-order valence-electron chi connectivity index (χ3n) is 6.59. The van der Waals surface area contributed by atoms with Crippen LogP contribution in [0.5, 0.6) is 11.5 Å². The van der Waals surface area contributed by atoms with E-state index >= 15 is 0 Å². The molecule has 2 heterocycles. The molecular weight excluding hydrogens is 607 g/mol. The average molecular weight is 633 g/mol. The van der Waals surface area contributed by atoms with Gasteiger partial charge in [-0.1, -0.05) is 35.3 Å². The number of aromatic nitrogens is 1. The van der Waals surface area contributed by atoms with Crippen molar-refractivity contribution in [1.29, 1.82) is 0 Å². The lowest BCUT2D eigenvalue weighted by Crippen LogP contribution is -2.17. The number of nitro benzene ring substituents is 1. The van der Waals surface area contributed by atoms with E-state index in [1.807, 2.05) is 38.1 Å². The zero-order chi connectivity index (χ0) is 31.2. The molecule has 0 atom stereocenters. The number of ether oxygens (including phenoxy) is 2. The van der Waals surface area contributed by atoms with Gasteiger partial charge in [-0.05, 0) is 86.1 Å². The molecule has 0 aliphatic carbocycles. The lowest BCUT2D eigenvalue weighted by Gasteiger charge is -2.10. The Kier molecular flexibility index (Phi) is 9.32. The molecule has 0 unspecified atom stereocenters. The first-order valence-corrected chi connectivity index (χ1v) is 14.1. The highest BCUT2D eigenvalue weighted by Crippen LogP contribution is 2.31. The maximum atomic E-state index is 12.6. The van der Waals surface area contributed by atoms with Crippen LogP contribution >= 0.6 is 23.2 Å². The minimum atomic E-state index is -0.613. The fourth-order valence-electron chi connectivity index (χ4n) is 4.44. The van der Waals surface area contributed by atoms with Crippen LogP contribution in [-0.4, -0.2) is 21.6 Å². The smallest absolute Gasteiger partial charge is 0.311 e. The molecule has 12 heteroatoms. The van der Waals surface area contributed by atoms with Gasteiger partial charge in [0.2, 0.25) is 5.75 Å². The molecule has 1 N–H and O–H groups in total. The second kappa shape index (κ2) is 13.5. The molecule has 0 spiro atoms. The van der Waals surface area contributed by atoms with Crippen molar-refractivity contribution in [3.05, 3.63) is 139 Å². The van der Waals surface area contributed by atoms with Gasteiger partial charge in [0, 0.05) is 28.7 Å². The number of nitrogens with one attached hydrogen (secondary N) is 1. The van der Waals surface area contributed by atoms with Crippen LogP contribution in [0.15, 0.2) is 94.4 Å². The fourth-order valence-corrected chi connectivity index (χ4v) is 4.77. The molecule has 5 rings (SSSR count). The number of carbonyl (C=O) groups is 1. The molecule has 0 aliphatic rings. The molecule has 10 nitrogen and oxygen atoms in total. The van der Waals surface area contributed by atoms with Crippen LogP contribution < -0.4 is 14.9 Å². The van der Waals surface area contributed by atoms with Crippen molar-refractivity contribution in [2.24, 2.45) is 5.10 Å². The number of rotatable bonds is 11. The highest BCUT2D eigenvalue weighted by molar-refractivity contribution is 6.42. The van der Waals surface area contributed by atoms with Gasteiger partial charge in [0.15, 0.2) is 5.76 Å². The molecule has 2 aromatic heterocycles. The van der Waals surface area contributed by atoms with E-state index in [9.17, 15) is 14.9 Å². The fraction of sp³-hybridized carbons (Fsp3) is 0.125. The lowest BCUT2D eigenvalue weighted by atomic mass is 10.2. The Morgan fingerprint density at radius 1 is 0.955 bits per heavy atom. The summed E-state index contributed by atoms with van der Waals surface area (Å²) in [6, 6.07) is 24.2. The third kappa shape index (κ3) is 7.11. The third-order valence-corrected chi connectivity index (χ3v) is 7.33. The maximum Gasteiger partial charge on any atom is 0.311 e. The Morgan fingerprint density at radius 2 is 1.70 bits per heavy atom. The van der Waals surface area contributed by atoms with Gasteiger partial charge in [-0.25, -0.2) is 5.43 Å². The van der Waals surface area contributed by atoms with Gasteiger partial charge in [-0.3, -0.25) is 14.9 Å². The molecule has 0 radical (unpaired) electrons. The molecule has 3 aromatic carbocycles. The second-order valence-electron chi connectivity index (χ2n) is 9.69. The van der Waals surface area contributed by atoms with Crippen molar-refractivity contribution in [1.82, 2.24) is 9.99 Å². The Hall–Kier alpha value is -5.06. The minimum Gasteiger partial charge on any atom is -0.486 e. The molecule has 44 heavy (non-hydrogen) atoms. The number of aryl methyl sites for hydroxylation is 2. The summed E-state index contributed by atoms with van der Waals surface area (Å²) in [5.41, 5.74) is 6.35. The quantitative estimate of drug-likeness (QED) is 0.0899. The van der Waals surface area contributed by atoms with E-state index in [1.54, 1.807) is 30.3 Å². The maximum absolute atomic E-state index is 12.6. The Labute approximate surface area is 262 Å². The number of benzene rings is 3. The zero-order valence-corrected chi connectivity index (χ0v) is 25.1. The van der Waals surface area contributed by atoms with Gasteiger partial charge in [-0.15, -0.1) is 0 Å². The number of hydrogen-bond donors (Lipinski definition) is 1. The van der Waals surface area contributed by atoms with Crippen LogP contribution in [0.1, 0.15) is 38.8 Å². The van der Waals surface area contributed by atoms with E-state index < -0.39 is 10.8 Å². The van der Waals surface area contributed by atoms with E-state index in [2.05, 4.69) is 27.2 Å². The summed E-state index contributed by atoms with van der Waals surface area (Å²) in [6.07, 6.45) is 1.25. The first-order valence-electron chi connectivity index (χ1n) is 13.3. The van der Waals surface area contributed by atoms with Crippen molar-refractivity contribution in [2.75, 3.05) is 0 Å². The number of amides is 1. The van der Waals surface area contributed by atoms with Crippen molar-refractivity contribution < 1.29 is 23.6 Å². The second-order valence-corrected chi connectivity index (χ2v) is 10.5. The van der Waals surface area contributed by atoms with Gasteiger partial charge >= 0.3 is 11.6 Å². The van der Waals surface area contributed by atoms with E-state index in [0.29, 0.717) is 27.1 Å². The number of hydrazone groups is 1. The van der Waals surface area contributed by atoms with E-state index in [-0.39, 0.29) is 36.0 Å². The highest BCUT2D eigenvalue weighted by Gasteiger charge is 2.19. The van der Waals surface area contributed by atoms with E-state index in [4.69, 9.17) is 37.1 Å². The van der Waals surface area contributed by atoms with Crippen LogP contribution in [0.2, 0.25) is 10.0 Å². The molecule has 0 saturated heterocycles. The largest absolute Gasteiger partial charge is 0.486 e. The minimum absolute atomic E-state index is 0.0111. The summed E-state index contributed by atoms with van der Waals surface area (Å²) in [6.45, 7) is 4.20. The van der Waals surface area contributed by atoms with Crippen molar-refractivity contribution >= 4 is 41.0 Å². The Morgan fingerprint density at radius 3 is 2.41 bits per heavy atom. The SMILES string of the molecule is Cc1ccc(C)n1-c1ccc(OCc2ccc(C(=O)N/N=C/c3cccc([N+](=O)[O-])c3OCc3ccc(Cl)c(Cl)c3)o2)cc1. The summed E-state index contributed by atoms with van der Waals surface area (Å²) >= 11 is 12.0. The van der Waals surface area contributed by atoms with Crippen LogP contribution in [0.3, 0.4) is 0 Å². The average Bonchev–Trinajstić information content (AvgIpc) is 3.63. The van der Waals surface area contributed by atoms with Crippen LogP contribution in [0.4, 0.5) is 5.69 Å². The van der Waals surface area contributed by atoms with Gasteiger partial charge in [0.1, 0.15) is 24.7 Å². The van der Waals surface area contributed by atoms with Crippen LogP contribution in [-0.2, 0) is 13.2 Å². The van der Waals surface area contributed by atoms with Gasteiger partial charge in [0.05, 0.1) is 21.2 Å². The molecule has 0 saturated carbocycles. The van der Waals surface area contributed by atoms with Crippen LogP contribution in [0, 0.1) is 24.0 Å². The van der Waals surface area contributed by atoms with Crippen molar-refractivity contribution in [3.8, 4) is 17.2 Å². The predicted molar refractivity (Wildman–Crippen MR) is 167 cm³/mol. The van der Waals surface area contributed by atoms with Gasteiger partial charge in [-0.2, -0.15) is 5.10 Å². The molecule has 0 bridgehead atoms. The number of furan rings is 1. The molecular formula is C32H26Cl2N4O6. The summed E-state index contributed by atoms with van der Waals surface area (Å²) in [7, 11) is 0. The number of carbonyl (C=O) groups excluding carboxylic acids is 1. The number of para-hydroxylation sites is 1. The first kappa shape index (κ1) is 30.4. The van der Waals surface area contributed by atoms with Crippen molar-refractivity contribution in [2.45, 2.75) is 27.1 Å². The topological polar surface area (TPSA) is 121 Å². The standard InChI is InChI=1S/C32H26Cl2N4O6/c1-20-6-7-21(2)37(20)24-9-11-25(12-10-24)42-19-26-13-15-30(44-26)32(39)36-35-17-23-4-3-5-29(38(40)41)31(23)43-18-22-8-14-27(33)28(34)16-22/h3-17H,18-19H2,1-2H3,(H,36,39)/b35-17+. The molecule has 0 aliphatic heterocycles. The number of nitrogens with zero attached hydrogens (tertiary/aromatic N) is 3. The summed E-state index contributed by atoms with van der Waals surface area (Å²) < 4.78 is 19.4. The number of hydrogen-bond acceptors (Lipinski definition) is 7. The van der Waals surface area contributed by atoms with Crippen LogP contribution in [0.25, 0.3) is 5.69 Å². The molecule has 5 aromatic rings. The molecule has 1 amide bonds. The van der Waals surface area contributed by atoms with Gasteiger partial charge in [0.25, 0.3) is 0 Å². The lowest BCUT2D eigenvalue weighted by molar-refractivity contribution is -0.385. The van der Waals surface area contributed by atoms with Crippen molar-refractivity contribution in [3.63, 3.8) is 0 Å². The first-order chi connectivity index (χ1) is 21.2. The predicted octanol–water partition coefficient (Wildman–Crippen LogP) is 7.82.